The average Bonchev–Trinajstić information content (AvgIpc) is 2.85. The van der Waals surface area contributed by atoms with E-state index in [1.165, 1.54) is 4.90 Å². The van der Waals surface area contributed by atoms with E-state index < -0.39 is 17.7 Å². The summed E-state index contributed by atoms with van der Waals surface area (Å²) in [7, 11) is 0. The Balaban J connectivity index is 1.97. The van der Waals surface area contributed by atoms with Crippen molar-refractivity contribution in [2.24, 2.45) is 0 Å². The zero-order chi connectivity index (χ0) is 12.6. The second-order valence-electron chi connectivity index (χ2n) is 4.79. The molecule has 2 rings (SSSR count). The molecular formula is C11H16FNO4. The first-order chi connectivity index (χ1) is 7.92. The molecule has 1 amide bonds. The van der Waals surface area contributed by atoms with E-state index in [4.69, 9.17) is 9.84 Å². The fourth-order valence-electron chi connectivity index (χ4n) is 2.32. The van der Waals surface area contributed by atoms with Crippen molar-refractivity contribution >= 4 is 11.9 Å². The minimum absolute atomic E-state index is 0.0427. The number of hydrogen-bond acceptors (Lipinski definition) is 3. The highest BCUT2D eigenvalue weighted by Gasteiger charge is 2.48. The highest BCUT2D eigenvalue weighted by atomic mass is 19.1. The average molecular weight is 245 g/mol. The second-order valence-corrected chi connectivity index (χ2v) is 4.79. The van der Waals surface area contributed by atoms with Crippen molar-refractivity contribution in [3.63, 3.8) is 0 Å². The van der Waals surface area contributed by atoms with Crippen LogP contribution >= 0.6 is 0 Å². The van der Waals surface area contributed by atoms with Crippen molar-refractivity contribution in [1.82, 2.24) is 4.90 Å². The highest BCUT2D eigenvalue weighted by molar-refractivity contribution is 5.84. The molecule has 3 unspecified atom stereocenters. The molecule has 0 aliphatic carbocycles. The molecule has 2 fully saturated rings. The van der Waals surface area contributed by atoms with Gasteiger partial charge < -0.3 is 14.7 Å². The lowest BCUT2D eigenvalue weighted by Crippen LogP contribution is -2.42. The number of amides is 1. The Bertz CT molecular complexity index is 348. The minimum Gasteiger partial charge on any atom is -0.479 e. The van der Waals surface area contributed by atoms with Crippen LogP contribution in [0.2, 0.25) is 0 Å². The molecule has 0 aromatic rings. The van der Waals surface area contributed by atoms with Gasteiger partial charge in [-0.1, -0.05) is 0 Å². The van der Waals surface area contributed by atoms with Crippen molar-refractivity contribution in [3.8, 4) is 0 Å². The van der Waals surface area contributed by atoms with E-state index in [2.05, 4.69) is 0 Å². The largest absolute Gasteiger partial charge is 0.479 e. The van der Waals surface area contributed by atoms with Gasteiger partial charge in [0.05, 0.1) is 12.6 Å². The first-order valence-corrected chi connectivity index (χ1v) is 5.79. The minimum atomic E-state index is -2.29. The zero-order valence-corrected chi connectivity index (χ0v) is 9.69. The summed E-state index contributed by atoms with van der Waals surface area (Å²) in [5.74, 6) is -1.77. The van der Waals surface area contributed by atoms with Gasteiger partial charge in [0.2, 0.25) is 5.67 Å². The molecule has 2 saturated heterocycles. The molecule has 0 aromatic carbocycles. The number of rotatable bonds is 2. The molecule has 17 heavy (non-hydrogen) atoms. The van der Waals surface area contributed by atoms with E-state index in [0.717, 1.165) is 6.42 Å². The number of aliphatic carboxylic acids is 1. The number of carboxylic acid groups (broad SMARTS) is 1. The molecule has 0 radical (unpaired) electrons. The van der Waals surface area contributed by atoms with E-state index in [9.17, 15) is 14.0 Å². The van der Waals surface area contributed by atoms with E-state index in [0.29, 0.717) is 6.42 Å². The predicted molar refractivity (Wildman–Crippen MR) is 56.2 cm³/mol. The van der Waals surface area contributed by atoms with Gasteiger partial charge in [-0.25, -0.2) is 9.18 Å². The first-order valence-electron chi connectivity index (χ1n) is 5.79. The van der Waals surface area contributed by atoms with Gasteiger partial charge in [-0.2, -0.15) is 0 Å². The number of ether oxygens (including phenoxy) is 1. The maximum atomic E-state index is 13.8. The molecule has 0 bridgehead atoms. The van der Waals surface area contributed by atoms with Gasteiger partial charge in [-0.05, 0) is 19.8 Å². The van der Waals surface area contributed by atoms with E-state index in [1.807, 2.05) is 6.92 Å². The molecule has 2 heterocycles. The molecule has 0 aromatic heterocycles. The summed E-state index contributed by atoms with van der Waals surface area (Å²) in [5.41, 5.74) is -2.29. The van der Waals surface area contributed by atoms with Gasteiger partial charge in [-0.15, -0.1) is 0 Å². The summed E-state index contributed by atoms with van der Waals surface area (Å²) in [5, 5.41) is 8.74. The Labute approximate surface area is 98.5 Å². The van der Waals surface area contributed by atoms with Crippen molar-refractivity contribution in [2.75, 3.05) is 13.1 Å². The van der Waals surface area contributed by atoms with Crippen LogP contribution in [0.3, 0.4) is 0 Å². The Kier molecular flexibility index (Phi) is 3.07. The molecule has 5 nitrogen and oxygen atoms in total. The fraction of sp³-hybridized carbons (Fsp3) is 0.818. The van der Waals surface area contributed by atoms with Crippen LogP contribution < -0.4 is 0 Å². The standard InChI is InChI=1S/C11H16FNO4/c1-7-2-3-8(17-7)9(14)13-5-4-11(12,6-13)10(15)16/h7-8H,2-6H2,1H3,(H,15,16). The normalized spacial score (nSPS) is 37.4. The lowest BCUT2D eigenvalue weighted by molar-refractivity contribution is -0.151. The summed E-state index contributed by atoms with van der Waals surface area (Å²) in [4.78, 5) is 23.9. The number of nitrogens with zero attached hydrogens (tertiary/aromatic N) is 1. The van der Waals surface area contributed by atoms with Crippen molar-refractivity contribution < 1.29 is 23.8 Å². The molecule has 2 aliphatic rings. The third-order valence-corrected chi connectivity index (χ3v) is 3.42. The third kappa shape index (κ3) is 2.26. The Morgan fingerprint density at radius 3 is 2.65 bits per heavy atom. The Morgan fingerprint density at radius 1 is 1.47 bits per heavy atom. The van der Waals surface area contributed by atoms with E-state index in [1.54, 1.807) is 0 Å². The number of hydrogen-bond donors (Lipinski definition) is 1. The number of likely N-dealkylation sites (tertiary alicyclic amines) is 1. The molecule has 6 heteroatoms. The molecular weight excluding hydrogens is 229 g/mol. The quantitative estimate of drug-likeness (QED) is 0.772. The summed E-state index contributed by atoms with van der Waals surface area (Å²) in [6.45, 7) is 1.67. The summed E-state index contributed by atoms with van der Waals surface area (Å²) in [6, 6.07) is 0. The van der Waals surface area contributed by atoms with Crippen molar-refractivity contribution in [2.45, 2.75) is 44.1 Å². The number of carbonyl (C=O) groups excluding carboxylic acids is 1. The maximum Gasteiger partial charge on any atom is 0.343 e. The summed E-state index contributed by atoms with van der Waals surface area (Å²) < 4.78 is 19.2. The Hall–Kier alpha value is -1.17. The van der Waals surface area contributed by atoms with Crippen molar-refractivity contribution in [3.05, 3.63) is 0 Å². The maximum absolute atomic E-state index is 13.8. The van der Waals surface area contributed by atoms with Gasteiger partial charge in [0.25, 0.3) is 5.91 Å². The van der Waals surface area contributed by atoms with Gasteiger partial charge in [0, 0.05) is 13.0 Å². The molecule has 1 N–H and O–H groups in total. The Morgan fingerprint density at radius 2 is 2.18 bits per heavy atom. The summed E-state index contributed by atoms with van der Waals surface area (Å²) in [6.07, 6.45) is 0.811. The van der Waals surface area contributed by atoms with Crippen LogP contribution in [0.5, 0.6) is 0 Å². The molecule has 96 valence electrons. The van der Waals surface area contributed by atoms with Gasteiger partial charge in [0.1, 0.15) is 6.10 Å². The van der Waals surface area contributed by atoms with Crippen LogP contribution in [0.15, 0.2) is 0 Å². The van der Waals surface area contributed by atoms with Crippen LogP contribution in [0, 0.1) is 0 Å². The number of carbonyl (C=O) groups is 2. The fourth-order valence-corrected chi connectivity index (χ4v) is 2.32. The van der Waals surface area contributed by atoms with Gasteiger partial charge in [-0.3, -0.25) is 4.79 Å². The predicted octanol–water partition coefficient (Wildman–Crippen LogP) is 0.579. The van der Waals surface area contributed by atoms with Gasteiger partial charge in [0.15, 0.2) is 0 Å². The van der Waals surface area contributed by atoms with Crippen LogP contribution in [-0.2, 0) is 14.3 Å². The lowest BCUT2D eigenvalue weighted by Gasteiger charge is -2.21. The van der Waals surface area contributed by atoms with E-state index in [-0.39, 0.29) is 31.5 Å². The van der Waals surface area contributed by atoms with Crippen LogP contribution in [0.25, 0.3) is 0 Å². The SMILES string of the molecule is CC1CCC(C(=O)N2CCC(F)(C(=O)O)C2)O1. The molecule has 0 spiro atoms. The lowest BCUT2D eigenvalue weighted by atomic mass is 10.1. The highest BCUT2D eigenvalue weighted by Crippen LogP contribution is 2.29. The number of alkyl halides is 1. The van der Waals surface area contributed by atoms with Gasteiger partial charge >= 0.3 is 5.97 Å². The molecule has 3 atom stereocenters. The second kappa shape index (κ2) is 4.25. The number of halogens is 1. The van der Waals surface area contributed by atoms with Crippen LogP contribution in [0.4, 0.5) is 4.39 Å². The van der Waals surface area contributed by atoms with Crippen molar-refractivity contribution in [1.29, 1.82) is 0 Å². The smallest absolute Gasteiger partial charge is 0.343 e. The number of carboxylic acids is 1. The van der Waals surface area contributed by atoms with E-state index >= 15 is 0 Å². The summed E-state index contributed by atoms with van der Waals surface area (Å²) >= 11 is 0. The zero-order valence-electron chi connectivity index (χ0n) is 9.69. The van der Waals surface area contributed by atoms with Crippen LogP contribution in [-0.4, -0.2) is 52.8 Å². The monoisotopic (exact) mass is 245 g/mol. The molecule has 0 saturated carbocycles. The first kappa shape index (κ1) is 12.3. The third-order valence-electron chi connectivity index (χ3n) is 3.42. The van der Waals surface area contributed by atoms with Crippen LogP contribution in [0.1, 0.15) is 26.2 Å². The molecule has 2 aliphatic heterocycles. The topological polar surface area (TPSA) is 66.8 Å².